The Morgan fingerprint density at radius 1 is 1.23 bits per heavy atom. The van der Waals surface area contributed by atoms with E-state index in [1.165, 1.54) is 19.2 Å². The smallest absolute Gasteiger partial charge is 0.501 e. The van der Waals surface area contributed by atoms with Gasteiger partial charge >= 0.3 is 19.0 Å². The zero-order chi connectivity index (χ0) is 16.3. The fourth-order valence-electron chi connectivity index (χ4n) is 1.74. The van der Waals surface area contributed by atoms with Crippen LogP contribution in [0.5, 0.6) is 0 Å². The van der Waals surface area contributed by atoms with E-state index in [9.17, 15) is 24.2 Å². The van der Waals surface area contributed by atoms with Gasteiger partial charge in [0.15, 0.2) is 0 Å². The summed E-state index contributed by atoms with van der Waals surface area (Å²) in [6.45, 7) is -0.239. The van der Waals surface area contributed by atoms with E-state index in [1.54, 1.807) is 12.1 Å². The van der Waals surface area contributed by atoms with Crippen LogP contribution >= 0.6 is 0 Å². The molecule has 0 aromatic heterocycles. The third-order valence-electron chi connectivity index (χ3n) is 2.70. The highest BCUT2D eigenvalue weighted by atomic mass is 16.7. The summed E-state index contributed by atoms with van der Waals surface area (Å²) in [6.07, 6.45) is 0. The Bertz CT molecular complexity index is 613. The third kappa shape index (κ3) is 2.97. The van der Waals surface area contributed by atoms with Crippen LogP contribution < -0.4 is 5.32 Å². The third-order valence-corrected chi connectivity index (χ3v) is 2.70. The number of carbonyl (C=O) groups excluding carboxylic acids is 4. The van der Waals surface area contributed by atoms with E-state index in [0.29, 0.717) is 0 Å². The van der Waals surface area contributed by atoms with E-state index in [0.717, 1.165) is 0 Å². The van der Waals surface area contributed by atoms with Crippen LogP contribution in [-0.2, 0) is 14.3 Å². The Morgan fingerprint density at radius 3 is 2.27 bits per heavy atom. The Hall–Kier alpha value is -2.72. The minimum absolute atomic E-state index is 0.0713. The number of hydrogen-bond donors (Lipinski definition) is 2. The Balaban J connectivity index is 2.03. The SMILES string of the molecule is CNCC(=O)OB(O)C(=O)ON1C(=O)c2ccccc2C1=O. The van der Waals surface area contributed by atoms with E-state index in [-0.39, 0.29) is 22.7 Å². The molecule has 2 N–H and O–H groups in total. The average Bonchev–Trinajstić information content (AvgIpc) is 2.73. The van der Waals surface area contributed by atoms with Crippen molar-refractivity contribution in [2.45, 2.75) is 0 Å². The number of hydroxylamine groups is 2. The van der Waals surface area contributed by atoms with Crippen molar-refractivity contribution >= 4 is 30.8 Å². The first-order chi connectivity index (χ1) is 10.5. The molecule has 1 aromatic rings. The zero-order valence-electron chi connectivity index (χ0n) is 11.4. The van der Waals surface area contributed by atoms with Crippen LogP contribution in [0.2, 0.25) is 0 Å². The van der Waals surface area contributed by atoms with Gasteiger partial charge in [0.25, 0.3) is 11.8 Å². The number of likely N-dealkylation sites (N-methyl/N-ethyl adjacent to an activating group) is 1. The molecule has 1 heterocycles. The standard InChI is InChI=1S/C12H11BN2O7/c1-14-6-9(16)21-13(20)12(19)22-15-10(17)7-4-2-3-5-8(7)11(15)18/h2-5,14,20H,6H2,1H3. The molecular weight excluding hydrogens is 295 g/mol. The van der Waals surface area contributed by atoms with Crippen LogP contribution in [0.15, 0.2) is 24.3 Å². The summed E-state index contributed by atoms with van der Waals surface area (Å²) < 4.78 is 4.34. The quantitative estimate of drug-likeness (QED) is 0.533. The van der Waals surface area contributed by atoms with Crippen molar-refractivity contribution in [1.29, 1.82) is 0 Å². The molecule has 10 heteroatoms. The zero-order valence-corrected chi connectivity index (χ0v) is 11.4. The number of benzene rings is 1. The van der Waals surface area contributed by atoms with E-state index in [4.69, 9.17) is 0 Å². The molecule has 0 aliphatic carbocycles. The first-order valence-corrected chi connectivity index (χ1v) is 6.17. The van der Waals surface area contributed by atoms with Crippen LogP contribution in [0.3, 0.4) is 0 Å². The lowest BCUT2D eigenvalue weighted by Crippen LogP contribution is -2.41. The Kier molecular flexibility index (Phi) is 4.54. The minimum atomic E-state index is -2.25. The van der Waals surface area contributed by atoms with Gasteiger partial charge in [0.1, 0.15) is 0 Å². The molecule has 9 nitrogen and oxygen atoms in total. The van der Waals surface area contributed by atoms with Crippen LogP contribution in [0.25, 0.3) is 0 Å². The fraction of sp³-hybridized carbons (Fsp3) is 0.167. The highest BCUT2D eigenvalue weighted by Gasteiger charge is 2.42. The summed E-state index contributed by atoms with van der Waals surface area (Å²) in [5, 5.41) is 12.0. The highest BCUT2D eigenvalue weighted by molar-refractivity contribution is 6.78. The molecule has 0 radical (unpaired) electrons. The molecule has 1 aliphatic heterocycles. The Morgan fingerprint density at radius 2 is 1.77 bits per heavy atom. The number of carbonyl (C=O) groups is 4. The minimum Gasteiger partial charge on any atom is -0.501 e. The van der Waals surface area contributed by atoms with Crippen LogP contribution in [0, 0.1) is 0 Å². The lowest BCUT2D eigenvalue weighted by molar-refractivity contribution is -0.134. The second-order valence-electron chi connectivity index (χ2n) is 4.23. The molecule has 1 aliphatic rings. The van der Waals surface area contributed by atoms with Gasteiger partial charge in [0, 0.05) is 0 Å². The monoisotopic (exact) mass is 306 g/mol. The fourth-order valence-corrected chi connectivity index (χ4v) is 1.74. The molecule has 0 atom stereocenters. The van der Waals surface area contributed by atoms with Crippen LogP contribution in [0.1, 0.15) is 20.7 Å². The van der Waals surface area contributed by atoms with Gasteiger partial charge in [-0.15, -0.1) is 0 Å². The van der Waals surface area contributed by atoms with Crippen molar-refractivity contribution in [2.24, 2.45) is 0 Å². The first kappa shape index (κ1) is 15.7. The molecule has 22 heavy (non-hydrogen) atoms. The lowest BCUT2D eigenvalue weighted by Gasteiger charge is -2.13. The molecule has 0 spiro atoms. The summed E-state index contributed by atoms with van der Waals surface area (Å²) in [4.78, 5) is 51.0. The number of amides is 2. The van der Waals surface area contributed by atoms with Gasteiger partial charge in [-0.2, -0.15) is 0 Å². The molecule has 0 bridgehead atoms. The van der Waals surface area contributed by atoms with Gasteiger partial charge < -0.3 is 19.8 Å². The summed E-state index contributed by atoms with van der Waals surface area (Å²) in [6, 6.07) is 5.88. The summed E-state index contributed by atoms with van der Waals surface area (Å²) in [7, 11) is -0.782. The number of rotatable bonds is 5. The van der Waals surface area contributed by atoms with Crippen molar-refractivity contribution in [1.82, 2.24) is 10.4 Å². The van der Waals surface area contributed by atoms with Crippen molar-refractivity contribution in [3.63, 3.8) is 0 Å². The maximum atomic E-state index is 11.9. The molecule has 0 saturated heterocycles. The molecule has 2 rings (SSSR count). The summed E-state index contributed by atoms with van der Waals surface area (Å²) >= 11 is 0. The Labute approximate surface area is 124 Å². The lowest BCUT2D eigenvalue weighted by atomic mass is 9.92. The van der Waals surface area contributed by atoms with Gasteiger partial charge in [-0.25, -0.2) is 0 Å². The summed E-state index contributed by atoms with van der Waals surface area (Å²) in [5.74, 6) is -4.06. The predicted molar refractivity (Wildman–Crippen MR) is 71.4 cm³/mol. The maximum absolute atomic E-state index is 11.9. The van der Waals surface area contributed by atoms with E-state index < -0.39 is 30.8 Å². The molecule has 0 saturated carbocycles. The van der Waals surface area contributed by atoms with Gasteiger partial charge in [-0.05, 0) is 19.2 Å². The molecule has 0 unspecified atom stereocenters. The second kappa shape index (κ2) is 6.37. The van der Waals surface area contributed by atoms with Crippen molar-refractivity contribution < 1.29 is 33.7 Å². The number of hydrogen-bond acceptors (Lipinski definition) is 8. The van der Waals surface area contributed by atoms with E-state index in [1.807, 2.05) is 0 Å². The van der Waals surface area contributed by atoms with Gasteiger partial charge in [0.2, 0.25) is 0 Å². The largest absolute Gasteiger partial charge is 0.652 e. The van der Waals surface area contributed by atoms with Gasteiger partial charge in [-0.1, -0.05) is 17.2 Å². The average molecular weight is 306 g/mol. The van der Waals surface area contributed by atoms with E-state index >= 15 is 0 Å². The molecule has 0 fully saturated rings. The first-order valence-electron chi connectivity index (χ1n) is 6.17. The normalized spacial score (nSPS) is 12.9. The number of imide groups is 1. The van der Waals surface area contributed by atoms with Crippen LogP contribution in [-0.4, -0.2) is 54.5 Å². The number of nitrogens with zero attached hydrogens (tertiary/aromatic N) is 1. The maximum Gasteiger partial charge on any atom is 0.652 e. The van der Waals surface area contributed by atoms with Crippen molar-refractivity contribution in [2.75, 3.05) is 13.6 Å². The van der Waals surface area contributed by atoms with Crippen molar-refractivity contribution in [3.05, 3.63) is 35.4 Å². The number of nitrogens with one attached hydrogen (secondary N) is 1. The van der Waals surface area contributed by atoms with Gasteiger partial charge in [-0.3, -0.25) is 19.2 Å². The van der Waals surface area contributed by atoms with Crippen molar-refractivity contribution in [3.8, 4) is 0 Å². The topological polar surface area (TPSA) is 122 Å². The molecule has 114 valence electrons. The summed E-state index contributed by atoms with van der Waals surface area (Å²) in [5.41, 5.74) is 0.143. The highest BCUT2D eigenvalue weighted by Crippen LogP contribution is 2.22. The molecule has 1 aromatic carbocycles. The van der Waals surface area contributed by atoms with Crippen LogP contribution in [0.4, 0.5) is 4.79 Å². The predicted octanol–water partition coefficient (Wildman–Crippen LogP) is -0.841. The van der Waals surface area contributed by atoms with E-state index in [2.05, 4.69) is 14.8 Å². The number of fused-ring (bicyclic) bond motifs is 1. The molecular formula is C12H11BN2O7. The van der Waals surface area contributed by atoms with Gasteiger partial charge in [0.05, 0.1) is 17.7 Å². The molecule has 2 amide bonds. The second-order valence-corrected chi connectivity index (χ2v) is 4.23.